The molecule has 1 aliphatic rings. The molecule has 30 heavy (non-hydrogen) atoms. The fourth-order valence-electron chi connectivity index (χ4n) is 3.29. The van der Waals surface area contributed by atoms with Crippen molar-refractivity contribution in [3.05, 3.63) is 42.2 Å². The average molecular weight is 450 g/mol. The van der Waals surface area contributed by atoms with E-state index in [1.807, 2.05) is 32.0 Å². The monoisotopic (exact) mass is 449 g/mol. The highest BCUT2D eigenvalue weighted by atomic mass is 32.2. The minimum Gasteiger partial charge on any atom is -0.335 e. The van der Waals surface area contributed by atoms with Crippen LogP contribution in [-0.4, -0.2) is 53.6 Å². The molecule has 0 aliphatic carbocycles. The van der Waals surface area contributed by atoms with Crippen molar-refractivity contribution in [1.82, 2.24) is 19.6 Å². The molecular weight excluding hydrogens is 422 g/mol. The van der Waals surface area contributed by atoms with E-state index in [1.54, 1.807) is 18.5 Å². The summed E-state index contributed by atoms with van der Waals surface area (Å²) < 4.78 is 25.8. The molecule has 1 aromatic heterocycles. The van der Waals surface area contributed by atoms with Gasteiger partial charge < -0.3 is 10.6 Å². The van der Waals surface area contributed by atoms with E-state index in [-0.39, 0.29) is 17.8 Å². The highest BCUT2D eigenvalue weighted by molar-refractivity contribution is 7.99. The van der Waals surface area contributed by atoms with Crippen LogP contribution < -0.4 is 10.6 Å². The Hall–Kier alpha value is -2.17. The first-order valence-electron chi connectivity index (χ1n) is 9.98. The summed E-state index contributed by atoms with van der Waals surface area (Å²) in [6.07, 6.45) is 5.24. The molecule has 0 spiro atoms. The summed E-state index contributed by atoms with van der Waals surface area (Å²) in [5.41, 5.74) is 1.67. The van der Waals surface area contributed by atoms with E-state index in [1.165, 1.54) is 16.1 Å². The van der Waals surface area contributed by atoms with Gasteiger partial charge >= 0.3 is 6.03 Å². The highest BCUT2D eigenvalue weighted by Gasteiger charge is 2.28. The second kappa shape index (κ2) is 10.2. The third kappa shape index (κ3) is 6.16. The van der Waals surface area contributed by atoms with Gasteiger partial charge in [-0.2, -0.15) is 0 Å². The van der Waals surface area contributed by atoms with Crippen LogP contribution in [0.15, 0.2) is 46.7 Å². The SMILES string of the molecule is CCCS(=O)(=O)N1CCC(NC(=O)Nc2ccc(Sc3ncccn3)cc2C)CC1. The van der Waals surface area contributed by atoms with Gasteiger partial charge in [0.15, 0.2) is 5.16 Å². The van der Waals surface area contributed by atoms with E-state index < -0.39 is 10.0 Å². The molecule has 0 radical (unpaired) electrons. The first-order chi connectivity index (χ1) is 14.4. The molecule has 1 aliphatic heterocycles. The standard InChI is InChI=1S/C20H27N5O3S2/c1-3-13-30(27,28)25-11-7-16(8-12-25)23-19(26)24-18-6-5-17(14-15(18)2)29-20-21-9-4-10-22-20/h4-6,9-10,14,16H,3,7-8,11-13H2,1-2H3,(H2,23,24,26). The van der Waals surface area contributed by atoms with Crippen LogP contribution in [-0.2, 0) is 10.0 Å². The number of carbonyl (C=O) groups is 1. The van der Waals surface area contributed by atoms with E-state index in [2.05, 4.69) is 20.6 Å². The zero-order valence-electron chi connectivity index (χ0n) is 17.2. The van der Waals surface area contributed by atoms with Crippen LogP contribution >= 0.6 is 11.8 Å². The molecule has 0 saturated carbocycles. The molecule has 1 fully saturated rings. The Morgan fingerprint density at radius 3 is 2.57 bits per heavy atom. The molecule has 8 nitrogen and oxygen atoms in total. The van der Waals surface area contributed by atoms with Gasteiger partial charge in [-0.3, -0.25) is 0 Å². The lowest BCUT2D eigenvalue weighted by Gasteiger charge is -2.31. The molecule has 2 N–H and O–H groups in total. The molecule has 0 unspecified atom stereocenters. The highest BCUT2D eigenvalue weighted by Crippen LogP contribution is 2.28. The molecule has 3 rings (SSSR count). The summed E-state index contributed by atoms with van der Waals surface area (Å²) in [7, 11) is -3.17. The quantitative estimate of drug-likeness (QED) is 0.629. The fourth-order valence-corrected chi connectivity index (χ4v) is 5.64. The normalized spacial score (nSPS) is 15.7. The third-order valence-electron chi connectivity index (χ3n) is 4.84. The van der Waals surface area contributed by atoms with E-state index in [0.29, 0.717) is 37.5 Å². The zero-order valence-corrected chi connectivity index (χ0v) is 18.8. The molecule has 162 valence electrons. The van der Waals surface area contributed by atoms with Crippen molar-refractivity contribution in [1.29, 1.82) is 0 Å². The van der Waals surface area contributed by atoms with E-state index in [4.69, 9.17) is 0 Å². The number of hydrogen-bond acceptors (Lipinski definition) is 6. The Morgan fingerprint density at radius 1 is 1.23 bits per heavy atom. The number of anilines is 1. The number of piperidine rings is 1. The maximum atomic E-state index is 12.4. The second-order valence-electron chi connectivity index (χ2n) is 7.20. The average Bonchev–Trinajstić information content (AvgIpc) is 2.71. The van der Waals surface area contributed by atoms with Crippen molar-refractivity contribution in [3.63, 3.8) is 0 Å². The number of rotatable bonds is 7. The number of benzene rings is 1. The van der Waals surface area contributed by atoms with E-state index >= 15 is 0 Å². The first-order valence-corrected chi connectivity index (χ1v) is 12.4. The molecule has 2 heterocycles. The largest absolute Gasteiger partial charge is 0.335 e. The van der Waals surface area contributed by atoms with Gasteiger partial charge in [0.05, 0.1) is 5.75 Å². The van der Waals surface area contributed by atoms with Gasteiger partial charge in [0.1, 0.15) is 0 Å². The van der Waals surface area contributed by atoms with Gasteiger partial charge in [-0.25, -0.2) is 27.5 Å². The summed E-state index contributed by atoms with van der Waals surface area (Å²) in [4.78, 5) is 21.8. The number of hydrogen-bond donors (Lipinski definition) is 2. The molecule has 1 saturated heterocycles. The van der Waals surface area contributed by atoms with Gasteiger partial charge in [-0.1, -0.05) is 6.92 Å². The predicted octanol–water partition coefficient (Wildman–Crippen LogP) is 3.26. The number of urea groups is 1. The van der Waals surface area contributed by atoms with Gasteiger partial charge in [-0.15, -0.1) is 0 Å². The van der Waals surface area contributed by atoms with Crippen LogP contribution in [0.3, 0.4) is 0 Å². The van der Waals surface area contributed by atoms with Gasteiger partial charge in [0.25, 0.3) is 0 Å². The third-order valence-corrected chi connectivity index (χ3v) is 7.80. The van der Waals surface area contributed by atoms with Crippen molar-refractivity contribution >= 4 is 33.5 Å². The van der Waals surface area contributed by atoms with Crippen LogP contribution in [0.1, 0.15) is 31.7 Å². The van der Waals surface area contributed by atoms with Crippen LogP contribution in [0.5, 0.6) is 0 Å². The number of nitrogens with one attached hydrogen (secondary N) is 2. The minimum atomic E-state index is -3.17. The Balaban J connectivity index is 1.50. The van der Waals surface area contributed by atoms with Crippen molar-refractivity contribution in [3.8, 4) is 0 Å². The lowest BCUT2D eigenvalue weighted by Crippen LogP contribution is -2.48. The Bertz CT molecular complexity index is 962. The lowest BCUT2D eigenvalue weighted by molar-refractivity contribution is 0.238. The zero-order chi connectivity index (χ0) is 21.6. The number of carbonyl (C=O) groups excluding carboxylic acids is 1. The first kappa shape index (κ1) is 22.5. The van der Waals surface area contributed by atoms with Crippen LogP contribution in [0.2, 0.25) is 0 Å². The van der Waals surface area contributed by atoms with E-state index in [9.17, 15) is 13.2 Å². The Morgan fingerprint density at radius 2 is 1.93 bits per heavy atom. The maximum Gasteiger partial charge on any atom is 0.319 e. The molecule has 1 aromatic carbocycles. The van der Waals surface area contributed by atoms with Gasteiger partial charge in [0, 0.05) is 42.1 Å². The van der Waals surface area contributed by atoms with Crippen LogP contribution in [0.4, 0.5) is 10.5 Å². The summed E-state index contributed by atoms with van der Waals surface area (Å²) >= 11 is 1.46. The number of sulfonamides is 1. The number of aryl methyl sites for hydroxylation is 1. The minimum absolute atomic E-state index is 0.0385. The van der Waals surface area contributed by atoms with Gasteiger partial charge in [0.2, 0.25) is 10.0 Å². The summed E-state index contributed by atoms with van der Waals surface area (Å²) in [6.45, 7) is 4.68. The fraction of sp³-hybridized carbons (Fsp3) is 0.450. The summed E-state index contributed by atoms with van der Waals surface area (Å²) in [5, 5.41) is 6.51. The van der Waals surface area contributed by atoms with Crippen molar-refractivity contribution in [2.75, 3.05) is 24.2 Å². The summed E-state index contributed by atoms with van der Waals surface area (Å²) in [6, 6.07) is 7.21. The molecule has 2 aromatic rings. The second-order valence-corrected chi connectivity index (χ2v) is 10.3. The maximum absolute atomic E-state index is 12.4. The summed E-state index contributed by atoms with van der Waals surface area (Å²) in [5.74, 6) is 0.176. The van der Waals surface area contributed by atoms with Crippen LogP contribution in [0, 0.1) is 6.92 Å². The number of aromatic nitrogens is 2. The molecule has 2 amide bonds. The lowest BCUT2D eigenvalue weighted by atomic mass is 10.1. The van der Waals surface area contributed by atoms with Crippen molar-refractivity contribution < 1.29 is 13.2 Å². The van der Waals surface area contributed by atoms with Crippen molar-refractivity contribution in [2.24, 2.45) is 0 Å². The topological polar surface area (TPSA) is 104 Å². The molecular formula is C20H27N5O3S2. The van der Waals surface area contributed by atoms with E-state index in [0.717, 1.165) is 16.1 Å². The molecule has 10 heteroatoms. The predicted molar refractivity (Wildman–Crippen MR) is 118 cm³/mol. The molecule has 0 bridgehead atoms. The smallest absolute Gasteiger partial charge is 0.319 e. The Kier molecular flexibility index (Phi) is 7.68. The van der Waals surface area contributed by atoms with Gasteiger partial charge in [-0.05, 0) is 67.8 Å². The number of nitrogens with zero attached hydrogens (tertiary/aromatic N) is 3. The number of amides is 2. The molecule has 0 atom stereocenters. The Labute approximate surface area is 181 Å². The van der Waals surface area contributed by atoms with Crippen LogP contribution in [0.25, 0.3) is 0 Å². The van der Waals surface area contributed by atoms with Crippen molar-refractivity contribution in [2.45, 2.75) is 49.2 Å².